The molecule has 0 unspecified atom stereocenters. The number of hydrogen-bond acceptors (Lipinski definition) is 7. The SMILES string of the molecule is CCSc1nnc(NC(=O)c2cc(-c3ccccc3)nc3c2c(C)nn3-c2ccc(C)cc2)s1. The van der Waals surface area contributed by atoms with Gasteiger partial charge >= 0.3 is 0 Å². The normalized spacial score (nSPS) is 11.1. The first-order valence-corrected chi connectivity index (χ1v) is 12.6. The number of pyridine rings is 1. The lowest BCUT2D eigenvalue weighted by molar-refractivity contribution is 0.102. The Labute approximate surface area is 205 Å². The van der Waals surface area contributed by atoms with Crippen LogP contribution in [0.2, 0.25) is 0 Å². The van der Waals surface area contributed by atoms with E-state index in [-0.39, 0.29) is 5.91 Å². The molecule has 3 aromatic heterocycles. The minimum absolute atomic E-state index is 0.264. The summed E-state index contributed by atoms with van der Waals surface area (Å²) in [5.41, 5.74) is 5.53. The zero-order valence-corrected chi connectivity index (χ0v) is 20.6. The van der Waals surface area contributed by atoms with Crippen molar-refractivity contribution in [1.82, 2.24) is 25.0 Å². The number of anilines is 1. The van der Waals surface area contributed by atoms with Crippen LogP contribution in [0.25, 0.3) is 28.0 Å². The largest absolute Gasteiger partial charge is 0.296 e. The lowest BCUT2D eigenvalue weighted by Crippen LogP contribution is -2.13. The first kappa shape index (κ1) is 22.2. The molecule has 0 atom stereocenters. The van der Waals surface area contributed by atoms with Crippen LogP contribution in [0.3, 0.4) is 0 Å². The van der Waals surface area contributed by atoms with Gasteiger partial charge in [-0.3, -0.25) is 10.1 Å². The first-order chi connectivity index (χ1) is 16.5. The van der Waals surface area contributed by atoms with Gasteiger partial charge in [0.05, 0.1) is 28.0 Å². The van der Waals surface area contributed by atoms with E-state index in [1.54, 1.807) is 16.4 Å². The van der Waals surface area contributed by atoms with Gasteiger partial charge in [0.25, 0.3) is 5.91 Å². The lowest BCUT2D eigenvalue weighted by atomic mass is 10.0. The van der Waals surface area contributed by atoms with Crippen molar-refractivity contribution in [3.8, 4) is 16.9 Å². The van der Waals surface area contributed by atoms with Crippen LogP contribution in [0.5, 0.6) is 0 Å². The highest BCUT2D eigenvalue weighted by molar-refractivity contribution is 8.01. The molecule has 0 spiro atoms. The van der Waals surface area contributed by atoms with Crippen LogP contribution in [0.1, 0.15) is 28.5 Å². The Morgan fingerprint density at radius 2 is 1.82 bits per heavy atom. The fourth-order valence-corrected chi connectivity index (χ4v) is 5.34. The number of nitrogens with zero attached hydrogens (tertiary/aromatic N) is 5. The Kier molecular flexibility index (Phi) is 6.12. The topological polar surface area (TPSA) is 85.6 Å². The van der Waals surface area contributed by atoms with Crippen LogP contribution >= 0.6 is 23.1 Å². The van der Waals surface area contributed by atoms with E-state index >= 15 is 0 Å². The summed E-state index contributed by atoms with van der Waals surface area (Å²) < 4.78 is 2.62. The van der Waals surface area contributed by atoms with E-state index in [0.29, 0.717) is 27.4 Å². The molecule has 0 aliphatic carbocycles. The molecular formula is C25H22N6OS2. The van der Waals surface area contributed by atoms with Crippen molar-refractivity contribution in [1.29, 1.82) is 0 Å². The van der Waals surface area contributed by atoms with Gasteiger partial charge in [-0.05, 0) is 37.8 Å². The second kappa shape index (κ2) is 9.36. The third kappa shape index (κ3) is 4.32. The molecule has 9 heteroatoms. The van der Waals surface area contributed by atoms with Gasteiger partial charge in [0.15, 0.2) is 9.99 Å². The Morgan fingerprint density at radius 1 is 1.06 bits per heavy atom. The zero-order valence-electron chi connectivity index (χ0n) is 18.9. The highest BCUT2D eigenvalue weighted by Crippen LogP contribution is 2.30. The summed E-state index contributed by atoms with van der Waals surface area (Å²) >= 11 is 2.96. The smallest absolute Gasteiger partial charge is 0.258 e. The maximum atomic E-state index is 13.5. The van der Waals surface area contributed by atoms with Gasteiger partial charge in [0.2, 0.25) is 5.13 Å². The average Bonchev–Trinajstić information content (AvgIpc) is 3.43. The number of carbonyl (C=O) groups excluding carboxylic acids is 1. The molecule has 1 amide bonds. The van der Waals surface area contributed by atoms with Crippen molar-refractivity contribution in [2.24, 2.45) is 0 Å². The number of aromatic nitrogens is 5. The molecule has 0 fully saturated rings. The molecular weight excluding hydrogens is 464 g/mol. The predicted molar refractivity (Wildman–Crippen MR) is 138 cm³/mol. The molecule has 3 heterocycles. The summed E-state index contributed by atoms with van der Waals surface area (Å²) in [6.07, 6.45) is 0. The van der Waals surface area contributed by atoms with Gasteiger partial charge in [-0.2, -0.15) is 5.10 Å². The van der Waals surface area contributed by atoms with Crippen LogP contribution < -0.4 is 5.32 Å². The zero-order chi connectivity index (χ0) is 23.7. The fraction of sp³-hybridized carbons (Fsp3) is 0.160. The van der Waals surface area contributed by atoms with Gasteiger partial charge in [0, 0.05) is 5.56 Å². The Bertz CT molecular complexity index is 1480. The molecule has 0 saturated heterocycles. The second-order valence-electron chi connectivity index (χ2n) is 7.71. The van der Waals surface area contributed by atoms with Crippen molar-refractivity contribution >= 4 is 45.2 Å². The average molecular weight is 487 g/mol. The first-order valence-electron chi connectivity index (χ1n) is 10.8. The van der Waals surface area contributed by atoms with Crippen LogP contribution in [0.15, 0.2) is 65.0 Å². The van der Waals surface area contributed by atoms with E-state index in [1.807, 2.05) is 74.5 Å². The number of hydrogen-bond donors (Lipinski definition) is 1. The minimum Gasteiger partial charge on any atom is -0.296 e. The summed E-state index contributed by atoms with van der Waals surface area (Å²) in [6, 6.07) is 19.7. The van der Waals surface area contributed by atoms with Crippen molar-refractivity contribution in [2.45, 2.75) is 25.1 Å². The third-order valence-electron chi connectivity index (χ3n) is 5.30. The van der Waals surface area contributed by atoms with Crippen LogP contribution in [0, 0.1) is 13.8 Å². The number of rotatable bonds is 6. The molecule has 0 aliphatic rings. The van der Waals surface area contributed by atoms with Gasteiger partial charge in [-0.25, -0.2) is 9.67 Å². The summed E-state index contributed by atoms with van der Waals surface area (Å²) in [5, 5.41) is 17.1. The molecule has 7 nitrogen and oxygen atoms in total. The monoisotopic (exact) mass is 486 g/mol. The standard InChI is InChI=1S/C25H22N6OS2/c1-4-33-25-29-28-24(34-25)27-23(32)19-14-20(17-8-6-5-7-9-17)26-22-21(19)16(3)30-31(22)18-12-10-15(2)11-13-18/h5-14H,4H2,1-3H3,(H,27,28,32). The van der Waals surface area contributed by atoms with E-state index in [1.165, 1.54) is 11.3 Å². The van der Waals surface area contributed by atoms with E-state index in [0.717, 1.165) is 32.6 Å². The molecule has 1 N–H and O–H groups in total. The Morgan fingerprint density at radius 3 is 2.56 bits per heavy atom. The minimum atomic E-state index is -0.264. The van der Waals surface area contributed by atoms with Crippen molar-refractivity contribution in [3.05, 3.63) is 77.5 Å². The molecule has 0 aliphatic heterocycles. The number of carbonyl (C=O) groups is 1. The number of fused-ring (bicyclic) bond motifs is 1. The van der Waals surface area contributed by atoms with Crippen LogP contribution in [0.4, 0.5) is 5.13 Å². The number of benzene rings is 2. The maximum absolute atomic E-state index is 13.5. The fourth-order valence-electron chi connectivity index (χ4n) is 3.70. The number of thioether (sulfide) groups is 1. The van der Waals surface area contributed by atoms with Crippen LogP contribution in [-0.4, -0.2) is 36.6 Å². The predicted octanol–water partition coefficient (Wildman–Crippen LogP) is 5.92. The van der Waals surface area contributed by atoms with E-state index in [4.69, 9.17) is 10.1 Å². The number of nitrogens with one attached hydrogen (secondary N) is 1. The van der Waals surface area contributed by atoms with Gasteiger partial charge in [-0.1, -0.05) is 78.1 Å². The molecule has 34 heavy (non-hydrogen) atoms. The van der Waals surface area contributed by atoms with Crippen molar-refractivity contribution in [3.63, 3.8) is 0 Å². The molecule has 5 rings (SSSR count). The summed E-state index contributed by atoms with van der Waals surface area (Å²) in [5.74, 6) is 0.631. The van der Waals surface area contributed by atoms with E-state index in [9.17, 15) is 4.79 Å². The molecule has 0 saturated carbocycles. The molecule has 170 valence electrons. The highest BCUT2D eigenvalue weighted by atomic mass is 32.2. The summed E-state index contributed by atoms with van der Waals surface area (Å²) in [7, 11) is 0. The van der Waals surface area contributed by atoms with Crippen molar-refractivity contribution < 1.29 is 4.79 Å². The molecule has 2 aromatic carbocycles. The molecule has 0 radical (unpaired) electrons. The van der Waals surface area contributed by atoms with E-state index in [2.05, 4.69) is 22.4 Å². The Hall–Kier alpha value is -3.56. The van der Waals surface area contributed by atoms with Gasteiger partial charge in [0.1, 0.15) is 0 Å². The van der Waals surface area contributed by atoms with Crippen molar-refractivity contribution in [2.75, 3.05) is 11.1 Å². The number of amides is 1. The quantitative estimate of drug-likeness (QED) is 0.237. The lowest BCUT2D eigenvalue weighted by Gasteiger charge is -2.09. The summed E-state index contributed by atoms with van der Waals surface area (Å²) in [4.78, 5) is 18.4. The molecule has 0 bridgehead atoms. The maximum Gasteiger partial charge on any atom is 0.258 e. The summed E-state index contributed by atoms with van der Waals surface area (Å²) in [6.45, 7) is 5.99. The van der Waals surface area contributed by atoms with E-state index < -0.39 is 0 Å². The highest BCUT2D eigenvalue weighted by Gasteiger charge is 2.22. The Balaban J connectivity index is 1.66. The third-order valence-corrected chi connectivity index (χ3v) is 7.15. The van der Waals surface area contributed by atoms with Gasteiger partial charge < -0.3 is 0 Å². The number of aryl methyl sites for hydroxylation is 2. The van der Waals surface area contributed by atoms with Crippen LogP contribution in [-0.2, 0) is 0 Å². The van der Waals surface area contributed by atoms with Gasteiger partial charge in [-0.15, -0.1) is 10.2 Å². The second-order valence-corrected chi connectivity index (χ2v) is 10.2. The molecule has 5 aromatic rings.